The lowest BCUT2D eigenvalue weighted by atomic mass is 9.82. The number of hydrogen-bond donors (Lipinski definition) is 2. The van der Waals surface area contributed by atoms with Gasteiger partial charge in [0.25, 0.3) is 0 Å². The SMILES string of the molecule is CNC(=O)C1=CC=C(Nc2ncc(Cl)c(-c3cnn(C(C)C)c3)n2)C(CCc2ccccn2)(OC)C1. The Hall–Kier alpha value is -3.56. The Morgan fingerprint density at radius 3 is 2.75 bits per heavy atom. The first-order valence-corrected chi connectivity index (χ1v) is 12.2. The monoisotopic (exact) mass is 507 g/mol. The summed E-state index contributed by atoms with van der Waals surface area (Å²) in [6.45, 7) is 4.10. The molecule has 0 aromatic carbocycles. The second-order valence-electron chi connectivity index (χ2n) is 8.87. The van der Waals surface area contributed by atoms with E-state index in [9.17, 15) is 4.79 Å². The molecule has 36 heavy (non-hydrogen) atoms. The molecule has 1 atom stereocenters. The van der Waals surface area contributed by atoms with Crippen molar-refractivity contribution >= 4 is 23.5 Å². The molecule has 3 heterocycles. The van der Waals surface area contributed by atoms with Crippen LogP contribution in [0.5, 0.6) is 0 Å². The third-order valence-electron chi connectivity index (χ3n) is 6.23. The Balaban J connectivity index is 1.66. The zero-order chi connectivity index (χ0) is 25.7. The summed E-state index contributed by atoms with van der Waals surface area (Å²) in [5.41, 5.74) is 2.89. The summed E-state index contributed by atoms with van der Waals surface area (Å²) < 4.78 is 7.95. The van der Waals surface area contributed by atoms with Gasteiger partial charge in [-0.2, -0.15) is 5.10 Å². The van der Waals surface area contributed by atoms with E-state index in [4.69, 9.17) is 16.3 Å². The van der Waals surface area contributed by atoms with Crippen molar-refractivity contribution in [2.75, 3.05) is 19.5 Å². The van der Waals surface area contributed by atoms with Crippen LogP contribution >= 0.6 is 11.6 Å². The average Bonchev–Trinajstić information content (AvgIpc) is 3.40. The largest absolute Gasteiger partial charge is 0.372 e. The predicted molar refractivity (Wildman–Crippen MR) is 139 cm³/mol. The molecule has 4 rings (SSSR count). The molecule has 9 nitrogen and oxygen atoms in total. The van der Waals surface area contributed by atoms with Crippen LogP contribution in [0, 0.1) is 0 Å². The quantitative estimate of drug-likeness (QED) is 0.443. The number of carbonyl (C=O) groups excluding carboxylic acids is 1. The second-order valence-corrected chi connectivity index (χ2v) is 9.27. The van der Waals surface area contributed by atoms with Gasteiger partial charge >= 0.3 is 0 Å². The first-order chi connectivity index (χ1) is 17.3. The molecule has 0 spiro atoms. The molecule has 0 aliphatic heterocycles. The van der Waals surface area contributed by atoms with Gasteiger partial charge in [-0.3, -0.25) is 14.5 Å². The van der Waals surface area contributed by atoms with E-state index in [1.54, 1.807) is 38.8 Å². The Kier molecular flexibility index (Phi) is 7.81. The van der Waals surface area contributed by atoms with Crippen LogP contribution in [0.25, 0.3) is 11.3 Å². The maximum Gasteiger partial charge on any atom is 0.247 e. The normalized spacial score (nSPS) is 17.5. The van der Waals surface area contributed by atoms with Crippen LogP contribution in [0.3, 0.4) is 0 Å². The molecule has 0 bridgehead atoms. The maximum absolute atomic E-state index is 12.5. The molecule has 0 saturated carbocycles. The number of aryl methyl sites for hydroxylation is 1. The Bertz CT molecular complexity index is 1290. The summed E-state index contributed by atoms with van der Waals surface area (Å²) in [7, 11) is 3.27. The van der Waals surface area contributed by atoms with Crippen molar-refractivity contribution in [1.82, 2.24) is 30.0 Å². The maximum atomic E-state index is 12.5. The number of allylic oxidation sites excluding steroid dienone is 2. The molecule has 1 aliphatic carbocycles. The Morgan fingerprint density at radius 2 is 2.08 bits per heavy atom. The summed E-state index contributed by atoms with van der Waals surface area (Å²) in [6, 6.07) is 6.03. The number of nitrogens with zero attached hydrogens (tertiary/aromatic N) is 5. The van der Waals surface area contributed by atoms with Crippen LogP contribution in [-0.2, 0) is 16.0 Å². The lowest BCUT2D eigenvalue weighted by molar-refractivity contribution is -0.117. The van der Waals surface area contributed by atoms with E-state index in [0.29, 0.717) is 41.5 Å². The number of ether oxygens (including phenoxy) is 1. The lowest BCUT2D eigenvalue weighted by Gasteiger charge is -2.37. The van der Waals surface area contributed by atoms with Crippen molar-refractivity contribution in [1.29, 1.82) is 0 Å². The number of amides is 1. The first-order valence-electron chi connectivity index (χ1n) is 11.8. The number of aromatic nitrogens is 5. The van der Waals surface area contributed by atoms with E-state index in [1.165, 1.54) is 0 Å². The molecule has 1 aliphatic rings. The highest BCUT2D eigenvalue weighted by atomic mass is 35.5. The molecule has 188 valence electrons. The van der Waals surface area contributed by atoms with E-state index < -0.39 is 5.60 Å². The van der Waals surface area contributed by atoms with Crippen molar-refractivity contribution in [2.45, 2.75) is 44.8 Å². The molecule has 0 saturated heterocycles. The third kappa shape index (κ3) is 5.47. The van der Waals surface area contributed by atoms with Crippen molar-refractivity contribution in [3.8, 4) is 11.3 Å². The molecule has 3 aromatic heterocycles. The van der Waals surface area contributed by atoms with Gasteiger partial charge in [0, 0.05) is 55.8 Å². The fraction of sp³-hybridized carbons (Fsp3) is 0.346. The number of anilines is 1. The van der Waals surface area contributed by atoms with Gasteiger partial charge in [0.2, 0.25) is 11.9 Å². The standard InChI is InChI=1S/C26H30ClN7O2/c1-17(2)34-16-19(14-31-34)23-21(27)15-30-25(33-23)32-22-9-8-18(24(35)28-3)13-26(22,36-4)11-10-20-7-5-6-12-29-20/h5-9,12,14-17H,10-11,13H2,1-4H3,(H,28,35)(H,30,32,33). The van der Waals surface area contributed by atoms with Gasteiger partial charge in [-0.25, -0.2) is 9.97 Å². The highest BCUT2D eigenvalue weighted by Gasteiger charge is 2.39. The number of hydrogen-bond acceptors (Lipinski definition) is 7. The molecule has 10 heteroatoms. The molecule has 1 amide bonds. The summed E-state index contributed by atoms with van der Waals surface area (Å²) in [6.07, 6.45) is 12.3. The van der Waals surface area contributed by atoms with Crippen molar-refractivity contribution in [2.24, 2.45) is 0 Å². The van der Waals surface area contributed by atoms with Crippen molar-refractivity contribution < 1.29 is 9.53 Å². The molecule has 3 aromatic rings. The number of pyridine rings is 1. The number of nitrogens with one attached hydrogen (secondary N) is 2. The molecule has 0 radical (unpaired) electrons. The van der Waals surface area contributed by atoms with Gasteiger partial charge in [-0.1, -0.05) is 23.7 Å². The van der Waals surface area contributed by atoms with Gasteiger partial charge in [-0.15, -0.1) is 0 Å². The van der Waals surface area contributed by atoms with Crippen LogP contribution in [0.4, 0.5) is 5.95 Å². The topological polar surface area (TPSA) is 107 Å². The third-order valence-corrected chi connectivity index (χ3v) is 6.51. The first kappa shape index (κ1) is 25.5. The van der Waals surface area contributed by atoms with Gasteiger partial charge in [0.15, 0.2) is 0 Å². The minimum atomic E-state index is -0.806. The number of halogens is 1. The predicted octanol–water partition coefficient (Wildman–Crippen LogP) is 4.36. The van der Waals surface area contributed by atoms with Crippen LogP contribution in [-0.4, -0.2) is 50.4 Å². The smallest absolute Gasteiger partial charge is 0.247 e. The number of rotatable bonds is 9. The average molecular weight is 508 g/mol. The summed E-state index contributed by atoms with van der Waals surface area (Å²) in [5, 5.41) is 10.9. The van der Waals surface area contributed by atoms with Gasteiger partial charge < -0.3 is 15.4 Å². The van der Waals surface area contributed by atoms with Crippen LogP contribution in [0.2, 0.25) is 5.02 Å². The summed E-state index contributed by atoms with van der Waals surface area (Å²) in [5.74, 6) is 0.228. The highest BCUT2D eigenvalue weighted by Crippen LogP contribution is 2.37. The fourth-order valence-electron chi connectivity index (χ4n) is 4.15. The van der Waals surface area contributed by atoms with Crippen LogP contribution < -0.4 is 10.6 Å². The minimum absolute atomic E-state index is 0.142. The van der Waals surface area contributed by atoms with E-state index in [1.807, 2.05) is 35.2 Å². The molecule has 1 unspecified atom stereocenters. The number of likely N-dealkylation sites (N-methyl/N-ethyl adjacent to an activating group) is 1. The van der Waals surface area contributed by atoms with E-state index >= 15 is 0 Å². The molecular weight excluding hydrogens is 478 g/mol. The molecule has 0 fully saturated rings. The van der Waals surface area contributed by atoms with Crippen molar-refractivity contribution in [3.63, 3.8) is 0 Å². The molecule has 2 N–H and O–H groups in total. The lowest BCUT2D eigenvalue weighted by Crippen LogP contribution is -2.42. The van der Waals surface area contributed by atoms with Gasteiger partial charge in [-0.05, 0) is 44.9 Å². The molecular formula is C26H30ClN7O2. The van der Waals surface area contributed by atoms with E-state index in [2.05, 4.69) is 44.5 Å². The van der Waals surface area contributed by atoms with Crippen molar-refractivity contribution in [3.05, 3.63) is 77.1 Å². The van der Waals surface area contributed by atoms with Crippen LogP contribution in [0.1, 0.15) is 38.4 Å². The van der Waals surface area contributed by atoms with Gasteiger partial charge in [0.05, 0.1) is 28.8 Å². The zero-order valence-corrected chi connectivity index (χ0v) is 21.6. The van der Waals surface area contributed by atoms with E-state index in [-0.39, 0.29) is 11.9 Å². The number of methoxy groups -OCH3 is 1. The summed E-state index contributed by atoms with van der Waals surface area (Å²) in [4.78, 5) is 26.0. The van der Waals surface area contributed by atoms with Crippen LogP contribution in [0.15, 0.2) is 66.4 Å². The second kappa shape index (κ2) is 11.0. The fourth-order valence-corrected chi connectivity index (χ4v) is 4.35. The highest BCUT2D eigenvalue weighted by molar-refractivity contribution is 6.32. The number of carbonyl (C=O) groups is 1. The Morgan fingerprint density at radius 1 is 1.25 bits per heavy atom. The minimum Gasteiger partial charge on any atom is -0.372 e. The van der Waals surface area contributed by atoms with E-state index in [0.717, 1.165) is 17.0 Å². The summed E-state index contributed by atoms with van der Waals surface area (Å²) >= 11 is 6.44. The van der Waals surface area contributed by atoms with Gasteiger partial charge in [0.1, 0.15) is 5.60 Å². The Labute approximate surface area is 215 Å². The zero-order valence-electron chi connectivity index (χ0n) is 20.8.